The van der Waals surface area contributed by atoms with Gasteiger partial charge in [-0.25, -0.2) is 13.1 Å². The van der Waals surface area contributed by atoms with E-state index in [-0.39, 0.29) is 17.0 Å². The second kappa shape index (κ2) is 6.34. The van der Waals surface area contributed by atoms with Crippen LogP contribution in [0, 0.1) is 0 Å². The maximum absolute atomic E-state index is 12.3. The Morgan fingerprint density at radius 1 is 1.00 bits per heavy atom. The van der Waals surface area contributed by atoms with Crippen molar-refractivity contribution in [2.24, 2.45) is 5.73 Å². The van der Waals surface area contributed by atoms with Gasteiger partial charge >= 0.3 is 0 Å². The van der Waals surface area contributed by atoms with E-state index in [1.807, 2.05) is 6.92 Å². The zero-order chi connectivity index (χ0) is 15.5. The van der Waals surface area contributed by atoms with Crippen molar-refractivity contribution in [1.29, 1.82) is 0 Å². The van der Waals surface area contributed by atoms with Crippen LogP contribution in [0.3, 0.4) is 0 Å². The number of benzene rings is 1. The van der Waals surface area contributed by atoms with E-state index in [2.05, 4.69) is 9.71 Å². The largest absolute Gasteiger partial charge is 0.324 e. The van der Waals surface area contributed by atoms with E-state index in [1.165, 1.54) is 0 Å². The highest BCUT2D eigenvalue weighted by atomic mass is 32.2. The summed E-state index contributed by atoms with van der Waals surface area (Å²) in [5.41, 5.74) is 7.52. The van der Waals surface area contributed by atoms with Crippen LogP contribution in [0.15, 0.2) is 53.7 Å². The number of aromatic nitrogens is 1. The maximum Gasteiger partial charge on any atom is 0.241 e. The third-order valence-corrected chi connectivity index (χ3v) is 4.81. The third kappa shape index (κ3) is 3.87. The highest BCUT2D eigenvalue weighted by molar-refractivity contribution is 7.89. The molecule has 1 aromatic heterocycles. The summed E-state index contributed by atoms with van der Waals surface area (Å²) >= 11 is 0. The van der Waals surface area contributed by atoms with Crippen LogP contribution >= 0.6 is 0 Å². The Labute approximate surface area is 125 Å². The molecule has 0 amide bonds. The smallest absolute Gasteiger partial charge is 0.241 e. The maximum atomic E-state index is 12.3. The predicted octanol–water partition coefficient (Wildman–Crippen LogP) is 2.14. The van der Waals surface area contributed by atoms with Crippen LogP contribution in [-0.2, 0) is 10.0 Å². The number of nitrogens with zero attached hydrogens (tertiary/aromatic N) is 1. The Hall–Kier alpha value is -1.76. The Morgan fingerprint density at radius 3 is 2.10 bits per heavy atom. The van der Waals surface area contributed by atoms with Crippen molar-refractivity contribution in [3.8, 4) is 0 Å². The summed E-state index contributed by atoms with van der Waals surface area (Å²) in [4.78, 5) is 4.15. The van der Waals surface area contributed by atoms with Gasteiger partial charge in [0.1, 0.15) is 0 Å². The highest BCUT2D eigenvalue weighted by Crippen LogP contribution is 2.18. The van der Waals surface area contributed by atoms with Crippen LogP contribution in [0.5, 0.6) is 0 Å². The molecular formula is C15H19N3O2S. The van der Waals surface area contributed by atoms with E-state index in [1.54, 1.807) is 55.7 Å². The van der Waals surface area contributed by atoms with Crippen LogP contribution in [0.1, 0.15) is 37.1 Å². The van der Waals surface area contributed by atoms with Crippen molar-refractivity contribution in [3.05, 3.63) is 59.9 Å². The van der Waals surface area contributed by atoms with Crippen molar-refractivity contribution < 1.29 is 8.42 Å². The molecule has 0 aliphatic carbocycles. The molecule has 0 saturated carbocycles. The van der Waals surface area contributed by atoms with Gasteiger partial charge in [0.15, 0.2) is 0 Å². The van der Waals surface area contributed by atoms with Crippen LogP contribution in [0.2, 0.25) is 0 Å². The number of hydrogen-bond donors (Lipinski definition) is 2. The molecule has 2 aromatic rings. The summed E-state index contributed by atoms with van der Waals surface area (Å²) in [6.45, 7) is 3.65. The van der Waals surface area contributed by atoms with Gasteiger partial charge < -0.3 is 5.73 Å². The molecule has 2 atom stereocenters. The molecule has 2 rings (SSSR count). The number of pyridine rings is 1. The van der Waals surface area contributed by atoms with Crippen molar-refractivity contribution in [2.45, 2.75) is 30.8 Å². The van der Waals surface area contributed by atoms with Gasteiger partial charge in [-0.2, -0.15) is 0 Å². The van der Waals surface area contributed by atoms with Gasteiger partial charge in [0.25, 0.3) is 0 Å². The molecule has 112 valence electrons. The molecule has 1 heterocycles. The third-order valence-electron chi connectivity index (χ3n) is 3.25. The van der Waals surface area contributed by atoms with Gasteiger partial charge in [-0.3, -0.25) is 4.98 Å². The molecular weight excluding hydrogens is 286 g/mol. The molecule has 0 saturated heterocycles. The number of nitrogens with one attached hydrogen (secondary N) is 1. The fourth-order valence-corrected chi connectivity index (χ4v) is 3.20. The second-order valence-corrected chi connectivity index (χ2v) is 6.70. The van der Waals surface area contributed by atoms with Crippen molar-refractivity contribution in [2.75, 3.05) is 0 Å². The van der Waals surface area contributed by atoms with Gasteiger partial charge in [-0.15, -0.1) is 0 Å². The average molecular weight is 305 g/mol. The minimum absolute atomic E-state index is 0.120. The SMILES string of the molecule is CC(N)c1ccc(S(=O)(=O)NC(C)c2ccncc2)cc1. The lowest BCUT2D eigenvalue weighted by molar-refractivity contribution is 0.566. The van der Waals surface area contributed by atoms with Crippen molar-refractivity contribution >= 4 is 10.0 Å². The molecule has 0 fully saturated rings. The van der Waals surface area contributed by atoms with Gasteiger partial charge in [-0.05, 0) is 49.2 Å². The molecule has 5 nitrogen and oxygen atoms in total. The van der Waals surface area contributed by atoms with Crippen LogP contribution in [0.25, 0.3) is 0 Å². The number of nitrogens with two attached hydrogens (primary N) is 1. The van der Waals surface area contributed by atoms with Gasteiger partial charge in [-0.1, -0.05) is 12.1 Å². The monoisotopic (exact) mass is 305 g/mol. The fourth-order valence-electron chi connectivity index (χ4n) is 1.97. The lowest BCUT2D eigenvalue weighted by atomic mass is 10.1. The zero-order valence-electron chi connectivity index (χ0n) is 12.0. The molecule has 0 radical (unpaired) electrons. The van der Waals surface area contributed by atoms with E-state index >= 15 is 0 Å². The molecule has 21 heavy (non-hydrogen) atoms. The van der Waals surface area contributed by atoms with Crippen molar-refractivity contribution in [3.63, 3.8) is 0 Å². The second-order valence-electron chi connectivity index (χ2n) is 4.98. The first-order valence-corrected chi connectivity index (χ1v) is 8.16. The number of sulfonamides is 1. The van der Waals surface area contributed by atoms with Crippen molar-refractivity contribution in [1.82, 2.24) is 9.71 Å². The molecule has 0 bridgehead atoms. The lowest BCUT2D eigenvalue weighted by Gasteiger charge is -2.15. The summed E-state index contributed by atoms with van der Waals surface area (Å²) in [5.74, 6) is 0. The molecule has 0 aliphatic rings. The number of hydrogen-bond acceptors (Lipinski definition) is 4. The van der Waals surface area contributed by atoms with E-state index in [9.17, 15) is 8.42 Å². The summed E-state index contributed by atoms with van der Waals surface area (Å²) in [7, 11) is -3.56. The highest BCUT2D eigenvalue weighted by Gasteiger charge is 2.18. The average Bonchev–Trinajstić information content (AvgIpc) is 2.48. The Bertz CT molecular complexity index is 683. The van der Waals surface area contributed by atoms with E-state index in [4.69, 9.17) is 5.73 Å². The Morgan fingerprint density at radius 2 is 1.57 bits per heavy atom. The topological polar surface area (TPSA) is 85.1 Å². The van der Waals surface area contributed by atoms with Crippen LogP contribution in [0.4, 0.5) is 0 Å². The summed E-state index contributed by atoms with van der Waals surface area (Å²) in [6.07, 6.45) is 3.27. The molecule has 3 N–H and O–H groups in total. The van der Waals surface area contributed by atoms with Gasteiger partial charge in [0.2, 0.25) is 10.0 Å². The molecule has 0 spiro atoms. The molecule has 2 unspecified atom stereocenters. The van der Waals surface area contributed by atoms with E-state index < -0.39 is 10.0 Å². The normalized spacial score (nSPS) is 14.6. The lowest BCUT2D eigenvalue weighted by Crippen LogP contribution is -2.27. The molecule has 1 aromatic carbocycles. The molecule has 6 heteroatoms. The van der Waals surface area contributed by atoms with Crippen LogP contribution in [-0.4, -0.2) is 13.4 Å². The standard InChI is InChI=1S/C15H19N3O2S/c1-11(16)13-3-5-15(6-4-13)21(19,20)18-12(2)14-7-9-17-10-8-14/h3-12,18H,16H2,1-2H3. The first-order valence-electron chi connectivity index (χ1n) is 6.68. The first kappa shape index (κ1) is 15.6. The zero-order valence-corrected chi connectivity index (χ0v) is 12.8. The number of rotatable bonds is 5. The first-order chi connectivity index (χ1) is 9.90. The summed E-state index contributed by atoms with van der Waals surface area (Å²) < 4.78 is 27.3. The minimum Gasteiger partial charge on any atom is -0.324 e. The predicted molar refractivity (Wildman–Crippen MR) is 82.0 cm³/mol. The summed E-state index contributed by atoms with van der Waals surface area (Å²) in [5, 5.41) is 0. The quantitative estimate of drug-likeness (QED) is 0.886. The van der Waals surface area contributed by atoms with Crippen LogP contribution < -0.4 is 10.5 Å². The fraction of sp³-hybridized carbons (Fsp3) is 0.267. The summed E-state index contributed by atoms with van der Waals surface area (Å²) in [6, 6.07) is 9.73. The minimum atomic E-state index is -3.56. The Kier molecular flexibility index (Phi) is 4.72. The molecule has 0 aliphatic heterocycles. The van der Waals surface area contributed by atoms with Gasteiger partial charge in [0.05, 0.1) is 4.90 Å². The Balaban J connectivity index is 2.18. The van der Waals surface area contributed by atoms with E-state index in [0.29, 0.717) is 0 Å². The van der Waals surface area contributed by atoms with E-state index in [0.717, 1.165) is 11.1 Å². The van der Waals surface area contributed by atoms with Gasteiger partial charge in [0, 0.05) is 24.5 Å².